The SMILES string of the molecule is CCC(C)C=C(O)O.O=C(O)O. The van der Waals surface area contributed by atoms with Crippen molar-refractivity contribution in [2.75, 3.05) is 0 Å². The highest BCUT2D eigenvalue weighted by Crippen LogP contribution is 2.02. The van der Waals surface area contributed by atoms with Crippen molar-refractivity contribution < 1.29 is 25.2 Å². The van der Waals surface area contributed by atoms with Crippen LogP contribution in [0.25, 0.3) is 0 Å². The van der Waals surface area contributed by atoms with E-state index in [1.807, 2.05) is 13.8 Å². The van der Waals surface area contributed by atoms with Gasteiger partial charge in [-0.2, -0.15) is 0 Å². The molecule has 0 aromatic carbocycles. The number of hydrogen-bond acceptors (Lipinski definition) is 3. The van der Waals surface area contributed by atoms with Gasteiger partial charge in [-0.3, -0.25) is 0 Å². The van der Waals surface area contributed by atoms with Gasteiger partial charge in [0, 0.05) is 0 Å². The van der Waals surface area contributed by atoms with Crippen molar-refractivity contribution in [3.63, 3.8) is 0 Å². The summed E-state index contributed by atoms with van der Waals surface area (Å²) in [5, 5.41) is 30.5. The molecule has 0 fully saturated rings. The van der Waals surface area contributed by atoms with Gasteiger partial charge >= 0.3 is 6.16 Å². The fraction of sp³-hybridized carbons (Fsp3) is 0.571. The summed E-state index contributed by atoms with van der Waals surface area (Å²) in [6.45, 7) is 3.91. The molecule has 0 heterocycles. The summed E-state index contributed by atoms with van der Waals surface area (Å²) in [5.41, 5.74) is 0. The molecule has 0 rings (SSSR count). The largest absolute Gasteiger partial charge is 0.503 e. The monoisotopic (exact) mass is 178 g/mol. The zero-order valence-corrected chi connectivity index (χ0v) is 7.06. The van der Waals surface area contributed by atoms with E-state index in [1.54, 1.807) is 0 Å². The number of rotatable bonds is 2. The highest BCUT2D eigenvalue weighted by molar-refractivity contribution is 5.53. The lowest BCUT2D eigenvalue weighted by Gasteiger charge is -1.97. The van der Waals surface area contributed by atoms with Crippen LogP contribution in [0.3, 0.4) is 0 Å². The summed E-state index contributed by atoms with van der Waals surface area (Å²) in [6, 6.07) is 0. The van der Waals surface area contributed by atoms with E-state index in [9.17, 15) is 0 Å². The molecular weight excluding hydrogens is 164 g/mol. The molecule has 0 aliphatic carbocycles. The third kappa shape index (κ3) is 23.5. The second kappa shape index (κ2) is 7.71. The summed E-state index contributed by atoms with van der Waals surface area (Å²) in [6.07, 6.45) is 0.518. The van der Waals surface area contributed by atoms with E-state index in [2.05, 4.69) is 0 Å². The first kappa shape index (κ1) is 13.2. The van der Waals surface area contributed by atoms with E-state index in [4.69, 9.17) is 25.2 Å². The van der Waals surface area contributed by atoms with E-state index in [1.165, 1.54) is 6.08 Å². The standard InChI is InChI=1S/C6H12O2.CH2O3/c1-3-5(2)4-6(7)8;2-1(3)4/h4-5,7-8H,3H2,1-2H3;(H2,2,3,4). The van der Waals surface area contributed by atoms with Gasteiger partial charge in [-0.15, -0.1) is 0 Å². The summed E-state index contributed by atoms with van der Waals surface area (Å²) in [7, 11) is 0. The minimum Gasteiger partial charge on any atom is -0.481 e. The number of aliphatic hydroxyl groups excluding tert-OH is 1. The molecule has 5 nitrogen and oxygen atoms in total. The molecule has 0 saturated heterocycles. The average molecular weight is 178 g/mol. The lowest BCUT2D eigenvalue weighted by Crippen LogP contribution is -1.87. The molecular formula is C7H14O5. The number of carbonyl (C=O) groups is 1. The molecule has 0 aromatic heterocycles. The van der Waals surface area contributed by atoms with E-state index in [0.717, 1.165) is 6.42 Å². The van der Waals surface area contributed by atoms with Gasteiger partial charge in [-0.05, 0) is 18.4 Å². The molecule has 1 atom stereocenters. The third-order valence-corrected chi connectivity index (χ3v) is 1.08. The number of aliphatic hydroxyl groups is 2. The topological polar surface area (TPSA) is 98.0 Å². The van der Waals surface area contributed by atoms with Crippen LogP contribution in [0.15, 0.2) is 12.0 Å². The lowest BCUT2D eigenvalue weighted by molar-refractivity contribution is 0.137. The molecule has 0 aromatic rings. The smallest absolute Gasteiger partial charge is 0.481 e. The Bertz CT molecular complexity index is 144. The maximum Gasteiger partial charge on any atom is 0.503 e. The molecule has 0 aliphatic heterocycles. The molecule has 0 bridgehead atoms. The van der Waals surface area contributed by atoms with Crippen molar-refractivity contribution in [3.8, 4) is 0 Å². The summed E-state index contributed by atoms with van der Waals surface area (Å²) in [5.74, 6) is -0.306. The lowest BCUT2D eigenvalue weighted by atomic mass is 10.1. The Labute approximate surface area is 70.6 Å². The molecule has 5 heteroatoms. The van der Waals surface area contributed by atoms with Crippen LogP contribution in [0, 0.1) is 5.92 Å². The fourth-order valence-corrected chi connectivity index (χ4v) is 0.372. The average Bonchev–Trinajstić information content (AvgIpc) is 1.84. The van der Waals surface area contributed by atoms with Gasteiger partial charge in [0.1, 0.15) is 0 Å². The van der Waals surface area contributed by atoms with Gasteiger partial charge in [0.2, 0.25) is 0 Å². The molecule has 12 heavy (non-hydrogen) atoms. The molecule has 0 spiro atoms. The first-order chi connectivity index (χ1) is 5.40. The van der Waals surface area contributed by atoms with E-state index >= 15 is 0 Å². The van der Waals surface area contributed by atoms with Gasteiger partial charge in [0.05, 0.1) is 0 Å². The van der Waals surface area contributed by atoms with Crippen LogP contribution in [0.1, 0.15) is 20.3 Å². The highest BCUT2D eigenvalue weighted by Gasteiger charge is 1.93. The van der Waals surface area contributed by atoms with E-state index in [-0.39, 0.29) is 5.92 Å². The zero-order chi connectivity index (χ0) is 10.1. The maximum absolute atomic E-state index is 8.56. The summed E-state index contributed by atoms with van der Waals surface area (Å²) in [4.78, 5) is 8.56. The molecule has 0 aliphatic rings. The first-order valence-electron chi connectivity index (χ1n) is 3.41. The van der Waals surface area contributed by atoms with E-state index < -0.39 is 12.1 Å². The van der Waals surface area contributed by atoms with Gasteiger partial charge in [0.15, 0.2) is 0 Å². The Morgan fingerprint density at radius 2 is 1.67 bits per heavy atom. The Kier molecular flexibility index (Phi) is 8.50. The molecule has 0 amide bonds. The van der Waals surface area contributed by atoms with Crippen LogP contribution < -0.4 is 0 Å². The maximum atomic E-state index is 8.56. The van der Waals surface area contributed by atoms with Crippen molar-refractivity contribution in [1.82, 2.24) is 0 Å². The summed E-state index contributed by atoms with van der Waals surface area (Å²) < 4.78 is 0. The number of carboxylic acid groups (broad SMARTS) is 2. The van der Waals surface area contributed by atoms with Crippen LogP contribution >= 0.6 is 0 Å². The molecule has 0 saturated carbocycles. The van der Waals surface area contributed by atoms with Crippen molar-refractivity contribution in [3.05, 3.63) is 12.0 Å². The fourth-order valence-electron chi connectivity index (χ4n) is 0.372. The van der Waals surface area contributed by atoms with Crippen LogP contribution in [-0.2, 0) is 0 Å². The van der Waals surface area contributed by atoms with Crippen molar-refractivity contribution >= 4 is 6.16 Å². The van der Waals surface area contributed by atoms with Gasteiger partial charge < -0.3 is 20.4 Å². The van der Waals surface area contributed by atoms with Crippen LogP contribution in [0.4, 0.5) is 4.79 Å². The van der Waals surface area contributed by atoms with Gasteiger partial charge in [-0.25, -0.2) is 4.79 Å². The number of allylic oxidation sites excluding steroid dienone is 1. The third-order valence-electron chi connectivity index (χ3n) is 1.08. The number of hydrogen-bond donors (Lipinski definition) is 4. The van der Waals surface area contributed by atoms with Crippen molar-refractivity contribution in [2.45, 2.75) is 20.3 Å². The van der Waals surface area contributed by atoms with Crippen molar-refractivity contribution in [2.24, 2.45) is 5.92 Å². The van der Waals surface area contributed by atoms with Crippen LogP contribution in [-0.4, -0.2) is 26.6 Å². The minimum absolute atomic E-state index is 0.264. The van der Waals surface area contributed by atoms with Crippen molar-refractivity contribution in [1.29, 1.82) is 0 Å². The zero-order valence-electron chi connectivity index (χ0n) is 7.06. The Balaban J connectivity index is 0. The van der Waals surface area contributed by atoms with Crippen LogP contribution in [0.2, 0.25) is 0 Å². The minimum atomic E-state index is -1.83. The second-order valence-electron chi connectivity index (χ2n) is 2.19. The van der Waals surface area contributed by atoms with E-state index in [0.29, 0.717) is 0 Å². The van der Waals surface area contributed by atoms with Gasteiger partial charge in [-0.1, -0.05) is 13.8 Å². The Hall–Kier alpha value is -1.39. The second-order valence-corrected chi connectivity index (χ2v) is 2.19. The molecule has 4 N–H and O–H groups in total. The van der Waals surface area contributed by atoms with Crippen LogP contribution in [0.5, 0.6) is 0 Å². The summed E-state index contributed by atoms with van der Waals surface area (Å²) >= 11 is 0. The Morgan fingerprint density at radius 3 is 1.75 bits per heavy atom. The Morgan fingerprint density at radius 1 is 1.33 bits per heavy atom. The normalized spacial score (nSPS) is 10.5. The predicted molar refractivity (Wildman–Crippen MR) is 43.4 cm³/mol. The predicted octanol–water partition coefficient (Wildman–Crippen LogP) is 2.21. The van der Waals surface area contributed by atoms with Gasteiger partial charge in [0.25, 0.3) is 5.95 Å². The molecule has 1 unspecified atom stereocenters. The molecule has 72 valence electrons. The quantitative estimate of drug-likeness (QED) is 0.486. The molecule has 0 radical (unpaired) electrons. The first-order valence-corrected chi connectivity index (χ1v) is 3.41. The highest BCUT2D eigenvalue weighted by atomic mass is 16.6.